The van der Waals surface area contributed by atoms with Gasteiger partial charge in [-0.1, -0.05) is 24.3 Å². The van der Waals surface area contributed by atoms with Crippen molar-refractivity contribution < 1.29 is 9.59 Å². The van der Waals surface area contributed by atoms with Crippen LogP contribution in [-0.2, 0) is 16.0 Å². The third-order valence-electron chi connectivity index (χ3n) is 2.46. The van der Waals surface area contributed by atoms with Crippen molar-refractivity contribution in [2.45, 2.75) is 6.42 Å². The minimum Gasteiger partial charge on any atom is -0.368 e. The molecule has 0 unspecified atom stereocenters. The van der Waals surface area contributed by atoms with Gasteiger partial charge in [0, 0.05) is 5.39 Å². The van der Waals surface area contributed by atoms with Crippen LogP contribution in [0.15, 0.2) is 36.4 Å². The van der Waals surface area contributed by atoms with Gasteiger partial charge in [-0.25, -0.2) is 0 Å². The Kier molecular flexibility index (Phi) is 3.52. The number of hydrogen-bond donors (Lipinski definition) is 2. The Morgan fingerprint density at radius 1 is 1.17 bits per heavy atom. The third-order valence-corrected chi connectivity index (χ3v) is 2.46. The van der Waals surface area contributed by atoms with Gasteiger partial charge in [0.25, 0.3) is 0 Å². The van der Waals surface area contributed by atoms with E-state index in [1.807, 2.05) is 30.3 Å². The Morgan fingerprint density at radius 3 is 2.72 bits per heavy atom. The number of aromatic nitrogens is 1. The summed E-state index contributed by atoms with van der Waals surface area (Å²) in [5, 5.41) is 3.45. The van der Waals surface area contributed by atoms with Crippen molar-refractivity contribution in [3.63, 3.8) is 0 Å². The summed E-state index contributed by atoms with van der Waals surface area (Å²) >= 11 is 0. The molecule has 1 aromatic heterocycles. The molecule has 3 N–H and O–H groups in total. The summed E-state index contributed by atoms with van der Waals surface area (Å²) in [7, 11) is 0. The van der Waals surface area contributed by atoms with E-state index in [-0.39, 0.29) is 18.9 Å². The van der Waals surface area contributed by atoms with Crippen LogP contribution in [0.4, 0.5) is 0 Å². The summed E-state index contributed by atoms with van der Waals surface area (Å²) in [6.07, 6.45) is 0.137. The van der Waals surface area contributed by atoms with Gasteiger partial charge in [0.1, 0.15) is 0 Å². The number of para-hydroxylation sites is 1. The van der Waals surface area contributed by atoms with E-state index in [0.717, 1.165) is 10.9 Å². The third kappa shape index (κ3) is 3.04. The number of nitrogens with one attached hydrogen (secondary N) is 1. The molecule has 5 nitrogen and oxygen atoms in total. The molecule has 18 heavy (non-hydrogen) atoms. The van der Waals surface area contributed by atoms with E-state index >= 15 is 0 Å². The second-order valence-electron chi connectivity index (χ2n) is 3.92. The summed E-state index contributed by atoms with van der Waals surface area (Å²) in [6.45, 7) is -0.146. The van der Waals surface area contributed by atoms with E-state index in [1.165, 1.54) is 0 Å². The van der Waals surface area contributed by atoms with E-state index in [1.54, 1.807) is 6.07 Å². The molecule has 2 aromatic rings. The number of rotatable bonds is 4. The van der Waals surface area contributed by atoms with Crippen molar-refractivity contribution >= 4 is 22.7 Å². The molecule has 92 valence electrons. The predicted molar refractivity (Wildman–Crippen MR) is 67.7 cm³/mol. The van der Waals surface area contributed by atoms with Crippen LogP contribution in [0.1, 0.15) is 5.69 Å². The number of amides is 2. The molecule has 1 aromatic carbocycles. The minimum absolute atomic E-state index is 0.137. The number of nitrogens with two attached hydrogens (primary N) is 1. The molecule has 0 bridgehead atoms. The second kappa shape index (κ2) is 5.27. The number of pyridine rings is 1. The molecule has 0 saturated carbocycles. The molecule has 0 aliphatic carbocycles. The lowest BCUT2D eigenvalue weighted by atomic mass is 10.2. The highest BCUT2D eigenvalue weighted by Gasteiger charge is 2.06. The lowest BCUT2D eigenvalue weighted by Crippen LogP contribution is -2.34. The van der Waals surface area contributed by atoms with Crippen LogP contribution in [0.25, 0.3) is 10.9 Å². The van der Waals surface area contributed by atoms with Crippen LogP contribution < -0.4 is 11.1 Å². The molecule has 0 saturated heterocycles. The van der Waals surface area contributed by atoms with Gasteiger partial charge in [0.2, 0.25) is 11.8 Å². The first-order valence-electron chi connectivity index (χ1n) is 5.55. The molecule has 0 fully saturated rings. The van der Waals surface area contributed by atoms with E-state index in [4.69, 9.17) is 5.73 Å². The van der Waals surface area contributed by atoms with Crippen molar-refractivity contribution in [2.24, 2.45) is 5.73 Å². The molecule has 5 heteroatoms. The molecular formula is C13H13N3O2. The number of benzene rings is 1. The summed E-state index contributed by atoms with van der Waals surface area (Å²) in [5.41, 5.74) is 6.45. The van der Waals surface area contributed by atoms with Gasteiger partial charge in [-0.15, -0.1) is 0 Å². The SMILES string of the molecule is NC(=O)CNC(=O)Cc1ccc2ccccc2n1. The first-order chi connectivity index (χ1) is 8.65. The monoisotopic (exact) mass is 243 g/mol. The highest BCUT2D eigenvalue weighted by molar-refractivity contribution is 5.85. The number of hydrogen-bond acceptors (Lipinski definition) is 3. The topological polar surface area (TPSA) is 85.1 Å². The van der Waals surface area contributed by atoms with Crippen LogP contribution in [0.3, 0.4) is 0 Å². The number of fused-ring (bicyclic) bond motifs is 1. The lowest BCUT2D eigenvalue weighted by Gasteiger charge is -2.03. The normalized spacial score (nSPS) is 10.2. The largest absolute Gasteiger partial charge is 0.368 e. The molecular weight excluding hydrogens is 230 g/mol. The van der Waals surface area contributed by atoms with E-state index in [2.05, 4.69) is 10.3 Å². The van der Waals surface area contributed by atoms with Crippen molar-refractivity contribution in [1.82, 2.24) is 10.3 Å². The zero-order valence-corrected chi connectivity index (χ0v) is 9.72. The fourth-order valence-electron chi connectivity index (χ4n) is 1.62. The van der Waals surface area contributed by atoms with E-state index in [0.29, 0.717) is 5.69 Å². The predicted octanol–water partition coefficient (Wildman–Crippen LogP) is 0.379. The Hall–Kier alpha value is -2.43. The zero-order chi connectivity index (χ0) is 13.0. The van der Waals surface area contributed by atoms with Gasteiger partial charge in [-0.3, -0.25) is 14.6 Å². The average molecular weight is 243 g/mol. The van der Waals surface area contributed by atoms with Gasteiger partial charge in [0.05, 0.1) is 24.2 Å². The maximum atomic E-state index is 11.5. The minimum atomic E-state index is -0.560. The van der Waals surface area contributed by atoms with Crippen molar-refractivity contribution in [2.75, 3.05) is 6.54 Å². The Balaban J connectivity index is 2.07. The first kappa shape index (κ1) is 12.0. The van der Waals surface area contributed by atoms with Gasteiger partial charge < -0.3 is 11.1 Å². The van der Waals surface area contributed by atoms with Crippen molar-refractivity contribution in [3.05, 3.63) is 42.1 Å². The summed E-state index contributed by atoms with van der Waals surface area (Å²) in [5.74, 6) is -0.827. The van der Waals surface area contributed by atoms with Crippen LogP contribution in [-0.4, -0.2) is 23.3 Å². The number of nitrogens with zero attached hydrogens (tertiary/aromatic N) is 1. The second-order valence-corrected chi connectivity index (χ2v) is 3.92. The van der Waals surface area contributed by atoms with Crippen LogP contribution in [0.5, 0.6) is 0 Å². The molecule has 1 heterocycles. The highest BCUT2D eigenvalue weighted by atomic mass is 16.2. The number of primary amides is 1. The van der Waals surface area contributed by atoms with Gasteiger partial charge in [-0.05, 0) is 12.1 Å². The number of carbonyl (C=O) groups is 2. The Morgan fingerprint density at radius 2 is 1.94 bits per heavy atom. The summed E-state index contributed by atoms with van der Waals surface area (Å²) in [4.78, 5) is 26.4. The van der Waals surface area contributed by atoms with Crippen LogP contribution in [0, 0.1) is 0 Å². The Labute approximate surface area is 104 Å². The lowest BCUT2D eigenvalue weighted by molar-refractivity contribution is -0.124. The van der Waals surface area contributed by atoms with E-state index < -0.39 is 5.91 Å². The molecule has 2 amide bonds. The first-order valence-corrected chi connectivity index (χ1v) is 5.55. The van der Waals surface area contributed by atoms with Crippen LogP contribution in [0.2, 0.25) is 0 Å². The highest BCUT2D eigenvalue weighted by Crippen LogP contribution is 2.11. The fraction of sp³-hybridized carbons (Fsp3) is 0.154. The zero-order valence-electron chi connectivity index (χ0n) is 9.72. The Bertz CT molecular complexity index is 596. The molecule has 0 radical (unpaired) electrons. The van der Waals surface area contributed by atoms with Gasteiger partial charge in [-0.2, -0.15) is 0 Å². The molecule has 0 aliphatic heterocycles. The van der Waals surface area contributed by atoms with Crippen LogP contribution >= 0.6 is 0 Å². The van der Waals surface area contributed by atoms with Crippen molar-refractivity contribution in [3.8, 4) is 0 Å². The van der Waals surface area contributed by atoms with Gasteiger partial charge >= 0.3 is 0 Å². The van der Waals surface area contributed by atoms with Crippen molar-refractivity contribution in [1.29, 1.82) is 0 Å². The quantitative estimate of drug-likeness (QED) is 0.814. The molecule has 0 atom stereocenters. The smallest absolute Gasteiger partial charge is 0.236 e. The molecule has 0 aliphatic rings. The molecule has 0 spiro atoms. The molecule has 2 rings (SSSR count). The summed E-state index contributed by atoms with van der Waals surface area (Å²) in [6, 6.07) is 11.4. The standard InChI is InChI=1S/C13H13N3O2/c14-12(17)8-15-13(18)7-10-6-5-9-3-1-2-4-11(9)16-10/h1-6H,7-8H2,(H2,14,17)(H,15,18). The maximum Gasteiger partial charge on any atom is 0.236 e. The fourth-order valence-corrected chi connectivity index (χ4v) is 1.62. The van der Waals surface area contributed by atoms with Gasteiger partial charge in [0.15, 0.2) is 0 Å². The summed E-state index contributed by atoms with van der Waals surface area (Å²) < 4.78 is 0. The van der Waals surface area contributed by atoms with E-state index in [9.17, 15) is 9.59 Å². The maximum absolute atomic E-state index is 11.5. The average Bonchev–Trinajstić information content (AvgIpc) is 2.36. The number of carbonyl (C=O) groups excluding carboxylic acids is 2.